The minimum absolute atomic E-state index is 0.131. The average molecular weight is 295 g/mol. The maximum absolute atomic E-state index is 13.4. The van der Waals surface area contributed by atoms with E-state index in [-0.39, 0.29) is 12.3 Å². The van der Waals surface area contributed by atoms with E-state index in [1.54, 1.807) is 12.1 Å². The molecule has 110 valence electrons. The minimum Gasteiger partial charge on any atom is -0.508 e. The van der Waals surface area contributed by atoms with Gasteiger partial charge in [0.2, 0.25) is 0 Å². The molecule has 0 bridgehead atoms. The van der Waals surface area contributed by atoms with E-state index in [2.05, 4.69) is 5.32 Å². The van der Waals surface area contributed by atoms with Crippen LogP contribution in [-0.4, -0.2) is 17.6 Å². The smallest absolute Gasteiger partial charge is 0.254 e. The molecule has 2 aromatic rings. The Morgan fingerprint density at radius 1 is 1.00 bits per heavy atom. The first-order valence-corrected chi connectivity index (χ1v) is 6.18. The van der Waals surface area contributed by atoms with Crippen molar-refractivity contribution in [1.82, 2.24) is 5.32 Å². The van der Waals surface area contributed by atoms with Crippen molar-refractivity contribution in [2.24, 2.45) is 0 Å². The van der Waals surface area contributed by atoms with Gasteiger partial charge >= 0.3 is 0 Å². The van der Waals surface area contributed by atoms with Crippen molar-refractivity contribution in [2.75, 3.05) is 6.54 Å². The fourth-order valence-electron chi connectivity index (χ4n) is 1.78. The monoisotopic (exact) mass is 295 g/mol. The fraction of sp³-hybridized carbons (Fsp3) is 0.133. The van der Waals surface area contributed by atoms with E-state index in [0.717, 1.165) is 11.6 Å². The number of aromatic hydroxyl groups is 1. The Balaban J connectivity index is 1.96. The molecule has 2 rings (SSSR count). The number of carbonyl (C=O) groups is 1. The Labute approximate surface area is 119 Å². The molecule has 0 unspecified atom stereocenters. The number of amides is 1. The zero-order valence-corrected chi connectivity index (χ0v) is 10.9. The first-order chi connectivity index (χ1) is 9.99. The van der Waals surface area contributed by atoms with Gasteiger partial charge in [-0.05, 0) is 36.2 Å². The van der Waals surface area contributed by atoms with E-state index in [1.165, 1.54) is 12.1 Å². The summed E-state index contributed by atoms with van der Waals surface area (Å²) in [7, 11) is 0. The maximum atomic E-state index is 13.4. The van der Waals surface area contributed by atoms with Gasteiger partial charge in [-0.25, -0.2) is 13.2 Å². The van der Waals surface area contributed by atoms with E-state index < -0.39 is 28.9 Å². The predicted octanol–water partition coefficient (Wildman–Crippen LogP) is 2.78. The molecule has 2 N–H and O–H groups in total. The first-order valence-electron chi connectivity index (χ1n) is 6.18. The summed E-state index contributed by atoms with van der Waals surface area (Å²) in [6.07, 6.45) is 0.456. The molecule has 0 radical (unpaired) electrons. The van der Waals surface area contributed by atoms with Crippen molar-refractivity contribution in [3.05, 3.63) is 65.0 Å². The summed E-state index contributed by atoms with van der Waals surface area (Å²) in [6.45, 7) is 0.196. The van der Waals surface area contributed by atoms with Gasteiger partial charge < -0.3 is 10.4 Å². The lowest BCUT2D eigenvalue weighted by atomic mass is 10.1. The Morgan fingerprint density at radius 3 is 2.33 bits per heavy atom. The van der Waals surface area contributed by atoms with Crippen molar-refractivity contribution < 1.29 is 23.1 Å². The summed E-state index contributed by atoms with van der Waals surface area (Å²) < 4.78 is 39.2. The highest BCUT2D eigenvalue weighted by Crippen LogP contribution is 2.15. The van der Waals surface area contributed by atoms with Gasteiger partial charge in [-0.15, -0.1) is 0 Å². The molecule has 21 heavy (non-hydrogen) atoms. The van der Waals surface area contributed by atoms with Crippen LogP contribution in [0.5, 0.6) is 5.75 Å². The number of rotatable bonds is 4. The number of carbonyl (C=O) groups excluding carboxylic acids is 1. The molecule has 0 heterocycles. The molecule has 6 heteroatoms. The second-order valence-electron chi connectivity index (χ2n) is 4.40. The molecule has 2 aromatic carbocycles. The Morgan fingerprint density at radius 2 is 1.67 bits per heavy atom. The summed E-state index contributed by atoms with van der Waals surface area (Å²) in [5.41, 5.74) is 0.318. The standard InChI is InChI=1S/C15H12F3NO2/c16-12-6-5-11(13(17)14(12)18)15(21)19-8-7-9-1-3-10(20)4-2-9/h1-6,20H,7-8H2,(H,19,21). The van der Waals surface area contributed by atoms with Gasteiger partial charge in [-0.3, -0.25) is 4.79 Å². The molecule has 0 aliphatic carbocycles. The zero-order valence-electron chi connectivity index (χ0n) is 10.9. The van der Waals surface area contributed by atoms with Crippen LogP contribution in [0.4, 0.5) is 13.2 Å². The van der Waals surface area contributed by atoms with Gasteiger partial charge in [-0.2, -0.15) is 0 Å². The van der Waals surface area contributed by atoms with Crippen LogP contribution in [0, 0.1) is 17.5 Å². The van der Waals surface area contributed by atoms with Gasteiger partial charge in [0.25, 0.3) is 5.91 Å². The van der Waals surface area contributed by atoms with Gasteiger partial charge in [0, 0.05) is 6.54 Å². The molecule has 0 saturated heterocycles. The molecule has 0 aromatic heterocycles. The first kappa shape index (κ1) is 14.9. The third-order valence-corrected chi connectivity index (χ3v) is 2.92. The second kappa shape index (κ2) is 6.30. The summed E-state index contributed by atoms with van der Waals surface area (Å²) in [5.74, 6) is -5.19. The highest BCUT2D eigenvalue weighted by molar-refractivity contribution is 5.94. The van der Waals surface area contributed by atoms with E-state index in [9.17, 15) is 18.0 Å². The lowest BCUT2D eigenvalue weighted by molar-refractivity contribution is 0.0949. The largest absolute Gasteiger partial charge is 0.508 e. The number of benzene rings is 2. The second-order valence-corrected chi connectivity index (χ2v) is 4.40. The molecular weight excluding hydrogens is 283 g/mol. The molecule has 0 aliphatic rings. The van der Waals surface area contributed by atoms with Crippen LogP contribution in [0.2, 0.25) is 0 Å². The number of hydrogen-bond acceptors (Lipinski definition) is 2. The molecular formula is C15H12F3NO2. The van der Waals surface area contributed by atoms with Gasteiger partial charge in [-0.1, -0.05) is 12.1 Å². The van der Waals surface area contributed by atoms with E-state index >= 15 is 0 Å². The number of halogens is 3. The van der Waals surface area contributed by atoms with Crippen molar-refractivity contribution in [3.63, 3.8) is 0 Å². The lowest BCUT2D eigenvalue weighted by Crippen LogP contribution is -2.27. The van der Waals surface area contributed by atoms with Crippen LogP contribution in [0.15, 0.2) is 36.4 Å². The summed E-state index contributed by atoms with van der Waals surface area (Å²) >= 11 is 0. The number of hydrogen-bond donors (Lipinski definition) is 2. The maximum Gasteiger partial charge on any atom is 0.254 e. The van der Waals surface area contributed by atoms with Crippen LogP contribution in [0.25, 0.3) is 0 Å². The van der Waals surface area contributed by atoms with Gasteiger partial charge in [0.15, 0.2) is 17.5 Å². The average Bonchev–Trinajstić information content (AvgIpc) is 2.47. The van der Waals surface area contributed by atoms with Crippen molar-refractivity contribution in [1.29, 1.82) is 0 Å². The van der Waals surface area contributed by atoms with Crippen molar-refractivity contribution >= 4 is 5.91 Å². The minimum atomic E-state index is -1.67. The quantitative estimate of drug-likeness (QED) is 0.852. The molecule has 0 fully saturated rings. The van der Waals surface area contributed by atoms with Crippen LogP contribution >= 0.6 is 0 Å². The molecule has 0 atom stereocenters. The third-order valence-electron chi connectivity index (χ3n) is 2.92. The van der Waals surface area contributed by atoms with Gasteiger partial charge in [0.05, 0.1) is 5.56 Å². The Bertz CT molecular complexity index is 657. The molecule has 0 aliphatic heterocycles. The normalized spacial score (nSPS) is 10.4. The van der Waals surface area contributed by atoms with E-state index in [0.29, 0.717) is 12.5 Å². The van der Waals surface area contributed by atoms with Crippen molar-refractivity contribution in [3.8, 4) is 5.75 Å². The predicted molar refractivity (Wildman–Crippen MR) is 70.5 cm³/mol. The topological polar surface area (TPSA) is 49.3 Å². The summed E-state index contributed by atoms with van der Waals surface area (Å²) in [5, 5.41) is 11.5. The number of nitrogens with one attached hydrogen (secondary N) is 1. The Kier molecular flexibility index (Phi) is 4.47. The van der Waals surface area contributed by atoms with E-state index in [1.807, 2.05) is 0 Å². The highest BCUT2D eigenvalue weighted by Gasteiger charge is 2.18. The third kappa shape index (κ3) is 3.53. The number of phenols is 1. The summed E-state index contributed by atoms with van der Waals surface area (Å²) in [6, 6.07) is 7.97. The molecule has 1 amide bonds. The zero-order chi connectivity index (χ0) is 15.4. The van der Waals surface area contributed by atoms with E-state index in [4.69, 9.17) is 5.11 Å². The van der Waals surface area contributed by atoms with Crippen LogP contribution < -0.4 is 5.32 Å². The van der Waals surface area contributed by atoms with Crippen LogP contribution in [-0.2, 0) is 6.42 Å². The SMILES string of the molecule is O=C(NCCc1ccc(O)cc1)c1ccc(F)c(F)c1F. The Hall–Kier alpha value is -2.50. The number of phenolic OH excluding ortho intramolecular Hbond substituents is 1. The van der Waals surface area contributed by atoms with Crippen LogP contribution in [0.3, 0.4) is 0 Å². The van der Waals surface area contributed by atoms with Crippen molar-refractivity contribution in [2.45, 2.75) is 6.42 Å². The van der Waals surface area contributed by atoms with Crippen LogP contribution in [0.1, 0.15) is 15.9 Å². The summed E-state index contributed by atoms with van der Waals surface area (Å²) in [4.78, 5) is 11.7. The molecule has 0 saturated carbocycles. The fourth-order valence-corrected chi connectivity index (χ4v) is 1.78. The lowest BCUT2D eigenvalue weighted by Gasteiger charge is -2.07. The molecule has 3 nitrogen and oxygen atoms in total. The highest BCUT2D eigenvalue weighted by atomic mass is 19.2. The molecule has 0 spiro atoms. The van der Waals surface area contributed by atoms with Gasteiger partial charge in [0.1, 0.15) is 5.75 Å².